The van der Waals surface area contributed by atoms with E-state index in [0.29, 0.717) is 0 Å². The summed E-state index contributed by atoms with van der Waals surface area (Å²) in [6, 6.07) is 11.0. The monoisotopic (exact) mass is 304 g/mol. The first-order chi connectivity index (χ1) is 5.81. The molecular formula is C12H13F3Zr. The van der Waals surface area contributed by atoms with Crippen LogP contribution in [0.5, 0.6) is 0 Å². The first-order valence-corrected chi connectivity index (χ1v) is 4.46. The number of rotatable bonds is 1. The fourth-order valence-corrected chi connectivity index (χ4v) is 1.76. The average Bonchev–Trinajstić information content (AvgIpc) is 2.44. The topological polar surface area (TPSA) is 0 Å². The van der Waals surface area contributed by atoms with E-state index in [4.69, 9.17) is 0 Å². The zero-order chi connectivity index (χ0) is 8.55. The van der Waals surface area contributed by atoms with Crippen molar-refractivity contribution in [3.8, 4) is 0 Å². The number of fused-ring (bicyclic) bond motifs is 1. The third-order valence-corrected chi connectivity index (χ3v) is 2.37. The van der Waals surface area contributed by atoms with Crippen LogP contribution in [0.3, 0.4) is 0 Å². The summed E-state index contributed by atoms with van der Waals surface area (Å²) in [7, 11) is 0. The van der Waals surface area contributed by atoms with Gasteiger partial charge >= 0.3 is 26.2 Å². The van der Waals surface area contributed by atoms with Crippen molar-refractivity contribution in [2.45, 2.75) is 20.3 Å². The molecule has 0 amide bonds. The van der Waals surface area contributed by atoms with Crippen LogP contribution in [0.1, 0.15) is 18.1 Å². The van der Waals surface area contributed by atoms with Gasteiger partial charge in [0, 0.05) is 0 Å². The van der Waals surface area contributed by atoms with Crippen LogP contribution in [-0.4, -0.2) is 0 Å². The average molecular weight is 305 g/mol. The van der Waals surface area contributed by atoms with Crippen molar-refractivity contribution in [3.63, 3.8) is 0 Å². The van der Waals surface area contributed by atoms with Crippen LogP contribution < -0.4 is 14.1 Å². The van der Waals surface area contributed by atoms with E-state index in [1.54, 1.807) is 0 Å². The predicted octanol–water partition coefficient (Wildman–Crippen LogP) is -5.56. The molecule has 86 valence electrons. The zero-order valence-corrected chi connectivity index (χ0v) is 11.7. The molecule has 16 heavy (non-hydrogen) atoms. The van der Waals surface area contributed by atoms with E-state index in [9.17, 15) is 0 Å². The minimum Gasteiger partial charge on any atom is -1.00 e. The van der Waals surface area contributed by atoms with Crippen LogP contribution in [0, 0.1) is 6.92 Å². The van der Waals surface area contributed by atoms with Gasteiger partial charge in [0.15, 0.2) is 0 Å². The molecule has 0 saturated carbocycles. The van der Waals surface area contributed by atoms with Gasteiger partial charge in [-0.25, -0.2) is 0 Å². The summed E-state index contributed by atoms with van der Waals surface area (Å²) in [5, 5.41) is 2.81. The second-order valence-corrected chi connectivity index (χ2v) is 3.31. The summed E-state index contributed by atoms with van der Waals surface area (Å²) >= 11 is 0. The molecule has 0 unspecified atom stereocenters. The van der Waals surface area contributed by atoms with Gasteiger partial charge in [0.1, 0.15) is 0 Å². The summed E-state index contributed by atoms with van der Waals surface area (Å²) < 4.78 is 0. The summed E-state index contributed by atoms with van der Waals surface area (Å²) in [5.41, 5.74) is 2.83. The molecule has 0 radical (unpaired) electrons. The molecule has 0 nitrogen and oxygen atoms in total. The van der Waals surface area contributed by atoms with Crippen molar-refractivity contribution >= 4 is 10.8 Å². The standard InChI is InChI=1S/C12H13.3FH.Zr/c1-3-10-5-4-6-11-7-9(2)8-12(10)11;;;;/h4-8H,3H2,1-2H3;3*1H;/q-1;;;;+4/p-3. The van der Waals surface area contributed by atoms with Crippen LogP contribution >= 0.6 is 0 Å². The van der Waals surface area contributed by atoms with Crippen LogP contribution in [0.2, 0.25) is 0 Å². The number of hydrogen-bond donors (Lipinski definition) is 0. The van der Waals surface area contributed by atoms with Gasteiger partial charge in [-0.15, -0.1) is 34.5 Å². The van der Waals surface area contributed by atoms with Crippen molar-refractivity contribution in [1.82, 2.24) is 0 Å². The Balaban J connectivity index is -0.000000422. The van der Waals surface area contributed by atoms with Gasteiger partial charge in [-0.05, 0) is 6.42 Å². The minimum atomic E-state index is 0. The van der Waals surface area contributed by atoms with Gasteiger partial charge in [0.25, 0.3) is 0 Å². The second-order valence-electron chi connectivity index (χ2n) is 3.31. The SMILES string of the molecule is CCc1cccc2[cH-]c(C)cc12.[F-].[F-].[F-].[Zr+4]. The van der Waals surface area contributed by atoms with Gasteiger partial charge in [-0.2, -0.15) is 6.07 Å². The Kier molecular flexibility index (Phi) is 11.3. The van der Waals surface area contributed by atoms with Crippen molar-refractivity contribution in [1.29, 1.82) is 0 Å². The smallest absolute Gasteiger partial charge is 1.00 e. The van der Waals surface area contributed by atoms with Gasteiger partial charge in [-0.1, -0.05) is 25.5 Å². The normalized spacial score (nSPS) is 8.12. The number of benzene rings is 1. The van der Waals surface area contributed by atoms with E-state index in [2.05, 4.69) is 44.2 Å². The molecule has 4 heteroatoms. The Hall–Kier alpha value is -0.497. The van der Waals surface area contributed by atoms with Crippen LogP contribution in [0.25, 0.3) is 10.8 Å². The van der Waals surface area contributed by atoms with Crippen LogP contribution in [0.15, 0.2) is 30.3 Å². The van der Waals surface area contributed by atoms with E-state index in [1.807, 2.05) is 0 Å². The maximum atomic E-state index is 2.27. The molecule has 0 aromatic heterocycles. The molecule has 0 aliphatic rings. The summed E-state index contributed by atoms with van der Waals surface area (Å²) in [4.78, 5) is 0. The zero-order valence-electron chi connectivity index (χ0n) is 9.23. The van der Waals surface area contributed by atoms with E-state index < -0.39 is 0 Å². The second kappa shape index (κ2) is 8.63. The molecule has 0 aliphatic carbocycles. The molecule has 0 heterocycles. The molecule has 0 saturated heterocycles. The molecular weight excluding hydrogens is 292 g/mol. The van der Waals surface area contributed by atoms with E-state index >= 15 is 0 Å². The summed E-state index contributed by atoms with van der Waals surface area (Å²) in [5.74, 6) is 0. The number of hydrogen-bond acceptors (Lipinski definition) is 0. The largest absolute Gasteiger partial charge is 4.00 e. The Bertz CT molecular complexity index is 410. The first-order valence-electron chi connectivity index (χ1n) is 4.46. The molecule has 0 aliphatic heterocycles. The molecule has 0 bridgehead atoms. The molecule has 0 atom stereocenters. The van der Waals surface area contributed by atoms with Gasteiger partial charge in [0.05, 0.1) is 0 Å². The Labute approximate surface area is 113 Å². The fraction of sp³-hybridized carbons (Fsp3) is 0.250. The summed E-state index contributed by atoms with van der Waals surface area (Å²) in [6.45, 7) is 4.36. The Morgan fingerprint density at radius 2 is 1.75 bits per heavy atom. The van der Waals surface area contributed by atoms with Crippen molar-refractivity contribution in [3.05, 3.63) is 41.5 Å². The Morgan fingerprint density at radius 1 is 1.12 bits per heavy atom. The van der Waals surface area contributed by atoms with Gasteiger partial charge in [0.2, 0.25) is 0 Å². The van der Waals surface area contributed by atoms with Crippen LogP contribution in [0.4, 0.5) is 0 Å². The van der Waals surface area contributed by atoms with Gasteiger partial charge in [-0.3, -0.25) is 0 Å². The molecule has 0 spiro atoms. The third kappa shape index (κ3) is 3.82. The Morgan fingerprint density at radius 3 is 2.31 bits per heavy atom. The molecule has 0 fully saturated rings. The van der Waals surface area contributed by atoms with Crippen LogP contribution in [-0.2, 0) is 32.6 Å². The van der Waals surface area contributed by atoms with Crippen molar-refractivity contribution in [2.24, 2.45) is 0 Å². The number of halogens is 3. The van der Waals surface area contributed by atoms with Crippen molar-refractivity contribution in [2.75, 3.05) is 0 Å². The first kappa shape index (κ1) is 20.9. The van der Waals surface area contributed by atoms with Gasteiger partial charge < -0.3 is 14.1 Å². The maximum Gasteiger partial charge on any atom is 4.00 e. The van der Waals surface area contributed by atoms with E-state index in [0.717, 1.165) is 6.42 Å². The van der Waals surface area contributed by atoms with Crippen molar-refractivity contribution < 1.29 is 40.3 Å². The number of aryl methyl sites for hydroxylation is 2. The quantitative estimate of drug-likeness (QED) is 0.461. The summed E-state index contributed by atoms with van der Waals surface area (Å²) in [6.07, 6.45) is 1.13. The molecule has 0 N–H and O–H groups in total. The van der Waals surface area contributed by atoms with E-state index in [1.165, 1.54) is 21.9 Å². The maximum absolute atomic E-state index is 2.27. The molecule has 2 aromatic carbocycles. The van der Waals surface area contributed by atoms with E-state index in [-0.39, 0.29) is 40.3 Å². The predicted molar refractivity (Wildman–Crippen MR) is 53.7 cm³/mol. The molecule has 2 aromatic rings. The third-order valence-electron chi connectivity index (χ3n) is 2.37. The fourth-order valence-electron chi connectivity index (χ4n) is 1.76. The molecule has 2 rings (SSSR count). The minimum absolute atomic E-state index is 0.